The molecule has 332 valence electrons. The molecule has 9 rings (SSSR count). The highest BCUT2D eigenvalue weighted by atomic mass is 16.5. The molecule has 0 spiro atoms. The number of aromatic amines is 1. The zero-order valence-electron chi connectivity index (χ0n) is 36.8. The van der Waals surface area contributed by atoms with Crippen molar-refractivity contribution in [3.05, 3.63) is 102 Å². The van der Waals surface area contributed by atoms with Crippen molar-refractivity contribution in [1.29, 1.82) is 0 Å². The Morgan fingerprint density at radius 2 is 1.72 bits per heavy atom. The van der Waals surface area contributed by atoms with E-state index in [0.717, 1.165) is 86.3 Å². The molecule has 1 aliphatic carbocycles. The van der Waals surface area contributed by atoms with Crippen molar-refractivity contribution in [1.82, 2.24) is 25.5 Å². The van der Waals surface area contributed by atoms with E-state index in [1.165, 1.54) is 14.2 Å². The van der Waals surface area contributed by atoms with Gasteiger partial charge >= 0.3 is 12.2 Å². The first kappa shape index (κ1) is 42.7. The average Bonchev–Trinajstić information content (AvgIpc) is 4.15. The monoisotopic (exact) mass is 866 g/mol. The van der Waals surface area contributed by atoms with Gasteiger partial charge in [-0.25, -0.2) is 14.6 Å². The summed E-state index contributed by atoms with van der Waals surface area (Å²) in [5.41, 5.74) is 8.73. The minimum atomic E-state index is -0.805. The molecule has 1 unspecified atom stereocenters. The molecule has 0 radical (unpaired) electrons. The number of alkyl carbamates (subject to hydrolysis) is 2. The Balaban J connectivity index is 0.937. The number of nitrogens with zero attached hydrogens (tertiary/aromatic N) is 3. The Morgan fingerprint density at radius 3 is 2.48 bits per heavy atom. The number of aromatic nitrogens is 2. The van der Waals surface area contributed by atoms with E-state index in [-0.39, 0.29) is 41.4 Å². The van der Waals surface area contributed by atoms with Gasteiger partial charge in [-0.2, -0.15) is 0 Å². The summed E-state index contributed by atoms with van der Waals surface area (Å²) in [6.07, 6.45) is 4.35. The van der Waals surface area contributed by atoms with Crippen molar-refractivity contribution in [3.8, 4) is 28.1 Å². The van der Waals surface area contributed by atoms with E-state index in [1.54, 1.807) is 12.0 Å². The van der Waals surface area contributed by atoms with Crippen LogP contribution < -0.4 is 15.4 Å². The molecule has 3 aliphatic heterocycles. The number of fused-ring (bicyclic) bond motifs is 6. The number of nitrogens with one attached hydrogen (secondary N) is 3. The van der Waals surface area contributed by atoms with Crippen LogP contribution in [-0.4, -0.2) is 85.0 Å². The molecule has 6 atom stereocenters. The van der Waals surface area contributed by atoms with Gasteiger partial charge in [0.15, 0.2) is 5.78 Å². The lowest BCUT2D eigenvalue weighted by Crippen LogP contribution is -2.51. The van der Waals surface area contributed by atoms with E-state index < -0.39 is 24.3 Å². The number of hydrogen-bond donors (Lipinski definition) is 3. The quantitative estimate of drug-likeness (QED) is 0.111. The fraction of sp³-hybridized carbons (Fsp3) is 0.400. The molecule has 4 heterocycles. The summed E-state index contributed by atoms with van der Waals surface area (Å²) in [4.78, 5) is 68.0. The van der Waals surface area contributed by atoms with Crippen molar-refractivity contribution in [2.75, 3.05) is 34.5 Å². The average molecular weight is 867 g/mol. The number of ether oxygens (including phenoxy) is 4. The number of carbonyl (C=O) groups is 4. The SMILES string of the molecule is COC[C@H]1C[C@@H](c2ncc(-c3ccc4c(c3)COc3cc5c6c(ccc5cc3-4)N=C([C@@H]3CCCC3C(=O)[C@H](NC(=O)OC)c3ccccc3)C6)[nH]2)N(C(=O)[C@@H](NC(=O)OC)C(C)C)C1. The lowest BCUT2D eigenvalue weighted by molar-refractivity contribution is -0.135. The van der Waals surface area contributed by atoms with E-state index >= 15 is 0 Å². The van der Waals surface area contributed by atoms with Crippen molar-refractivity contribution in [3.63, 3.8) is 0 Å². The van der Waals surface area contributed by atoms with Crippen LogP contribution in [0.4, 0.5) is 15.3 Å². The number of methoxy groups -OCH3 is 3. The topological polar surface area (TPSA) is 174 Å². The Kier molecular flexibility index (Phi) is 12.0. The fourth-order valence-corrected chi connectivity index (χ4v) is 10.3. The molecule has 3 N–H and O–H groups in total. The summed E-state index contributed by atoms with van der Waals surface area (Å²) >= 11 is 0. The smallest absolute Gasteiger partial charge is 0.407 e. The van der Waals surface area contributed by atoms with Crippen LogP contribution in [0.2, 0.25) is 0 Å². The summed E-state index contributed by atoms with van der Waals surface area (Å²) in [5.74, 6) is 0.932. The second-order valence-corrected chi connectivity index (χ2v) is 17.7. The number of hydrogen-bond acceptors (Lipinski definition) is 10. The van der Waals surface area contributed by atoms with Gasteiger partial charge in [0.2, 0.25) is 5.91 Å². The van der Waals surface area contributed by atoms with E-state index in [1.807, 2.05) is 50.4 Å². The van der Waals surface area contributed by atoms with E-state index in [9.17, 15) is 19.2 Å². The molecule has 2 fully saturated rings. The molecular weight excluding hydrogens is 813 g/mol. The summed E-state index contributed by atoms with van der Waals surface area (Å²) in [7, 11) is 4.25. The summed E-state index contributed by atoms with van der Waals surface area (Å²) in [6.45, 7) is 5.17. The lowest BCUT2D eigenvalue weighted by Gasteiger charge is -2.30. The first-order valence-electron chi connectivity index (χ1n) is 22.1. The number of ketones is 1. The van der Waals surface area contributed by atoms with Gasteiger partial charge in [0, 0.05) is 49.1 Å². The van der Waals surface area contributed by atoms with Crippen LogP contribution in [0.15, 0.2) is 84.0 Å². The molecule has 1 saturated carbocycles. The summed E-state index contributed by atoms with van der Waals surface area (Å²) in [5, 5.41) is 7.69. The molecule has 5 aromatic rings. The number of rotatable bonds is 12. The number of likely N-dealkylation sites (tertiary alicyclic amines) is 1. The Morgan fingerprint density at radius 1 is 0.922 bits per heavy atom. The van der Waals surface area contributed by atoms with Gasteiger partial charge in [0.05, 0.1) is 44.4 Å². The maximum Gasteiger partial charge on any atom is 0.407 e. The lowest BCUT2D eigenvalue weighted by atomic mass is 9.82. The predicted octanol–water partition coefficient (Wildman–Crippen LogP) is 8.42. The zero-order valence-corrected chi connectivity index (χ0v) is 36.8. The van der Waals surface area contributed by atoms with Gasteiger partial charge in [-0.1, -0.05) is 68.8 Å². The molecule has 1 saturated heterocycles. The first-order chi connectivity index (χ1) is 31.0. The minimum Gasteiger partial charge on any atom is -0.488 e. The van der Waals surface area contributed by atoms with Gasteiger partial charge in [-0.05, 0) is 88.0 Å². The third kappa shape index (κ3) is 8.10. The van der Waals surface area contributed by atoms with Crippen LogP contribution in [0, 0.1) is 23.7 Å². The van der Waals surface area contributed by atoms with Crippen LogP contribution in [-0.2, 0) is 36.8 Å². The van der Waals surface area contributed by atoms with Crippen LogP contribution in [0.25, 0.3) is 33.2 Å². The van der Waals surface area contributed by atoms with Crippen molar-refractivity contribution < 1.29 is 38.1 Å². The normalized spacial score (nSPS) is 20.7. The van der Waals surface area contributed by atoms with Gasteiger partial charge in [-0.15, -0.1) is 0 Å². The van der Waals surface area contributed by atoms with Crippen molar-refractivity contribution >= 4 is 46.0 Å². The standard InChI is InChI=1S/C50H54N6O8/c1-27(2)44(54-49(59)62-4)48(58)56-24-28(25-61-3)18-42(56)47-51-23-41(53-47)31-14-16-33-32(19-31)26-64-43-22-36-30(20-38(33)43)15-17-39-37(36)21-40(52-39)34-12-9-13-35(34)46(57)45(55-50(60)63-5)29-10-7-6-8-11-29/h6-8,10-11,14-17,19-20,22-23,27-28,34-35,42,44-45H,9,12-13,18,21,24-26H2,1-5H3,(H,51,53)(H,54,59)(H,55,60)/t28-,34+,35?,42-,44-,45+/m0/s1. The van der Waals surface area contributed by atoms with Gasteiger partial charge in [0.25, 0.3) is 0 Å². The second kappa shape index (κ2) is 17.9. The van der Waals surface area contributed by atoms with Crippen LogP contribution in [0.1, 0.15) is 74.1 Å². The van der Waals surface area contributed by atoms with Crippen molar-refractivity contribution in [2.24, 2.45) is 28.7 Å². The molecule has 4 aromatic carbocycles. The maximum absolute atomic E-state index is 14.2. The highest BCUT2D eigenvalue weighted by Crippen LogP contribution is 2.47. The maximum atomic E-state index is 14.2. The van der Waals surface area contributed by atoms with Crippen LogP contribution in [0.5, 0.6) is 5.75 Å². The molecule has 1 aromatic heterocycles. The highest BCUT2D eigenvalue weighted by Gasteiger charge is 2.43. The number of amides is 3. The Labute approximate surface area is 372 Å². The number of benzene rings is 4. The third-order valence-corrected chi connectivity index (χ3v) is 13.5. The van der Waals surface area contributed by atoms with Crippen LogP contribution in [0.3, 0.4) is 0 Å². The first-order valence-corrected chi connectivity index (χ1v) is 22.1. The molecule has 0 bridgehead atoms. The minimum absolute atomic E-state index is 0.0189. The molecule has 3 amide bonds. The number of Topliss-reactive ketones (excluding diaryl/α,β-unsaturated/α-hetero) is 1. The molecular formula is C50H54N6O8. The summed E-state index contributed by atoms with van der Waals surface area (Å²) in [6, 6.07) is 22.3. The largest absolute Gasteiger partial charge is 0.488 e. The molecule has 14 nitrogen and oxygen atoms in total. The fourth-order valence-electron chi connectivity index (χ4n) is 10.3. The zero-order chi connectivity index (χ0) is 44.6. The Hall–Kier alpha value is -6.54. The predicted molar refractivity (Wildman–Crippen MR) is 241 cm³/mol. The molecule has 4 aliphatic rings. The van der Waals surface area contributed by atoms with Crippen molar-refractivity contribution in [2.45, 2.75) is 70.7 Å². The van der Waals surface area contributed by atoms with Gasteiger partial charge in [0.1, 0.15) is 30.3 Å². The number of carbonyl (C=O) groups excluding carboxylic acids is 4. The second-order valence-electron chi connectivity index (χ2n) is 17.7. The summed E-state index contributed by atoms with van der Waals surface area (Å²) < 4.78 is 21.7. The molecule has 64 heavy (non-hydrogen) atoms. The highest BCUT2D eigenvalue weighted by molar-refractivity contribution is 6.06. The van der Waals surface area contributed by atoms with E-state index in [2.05, 4.69) is 58.1 Å². The number of H-pyrrole nitrogens is 1. The van der Waals surface area contributed by atoms with E-state index in [4.69, 9.17) is 28.9 Å². The number of imidazole rings is 1. The van der Waals surface area contributed by atoms with Crippen LogP contribution >= 0.6 is 0 Å². The number of aliphatic imine (C=N–C) groups is 1. The third-order valence-electron chi connectivity index (χ3n) is 13.5. The van der Waals surface area contributed by atoms with E-state index in [0.29, 0.717) is 38.4 Å². The van der Waals surface area contributed by atoms with Gasteiger partial charge < -0.3 is 39.5 Å². The Bertz CT molecular complexity index is 2640. The molecule has 14 heteroatoms. The van der Waals surface area contributed by atoms with Gasteiger partial charge in [-0.3, -0.25) is 14.6 Å².